The maximum absolute atomic E-state index is 11.6. The molecule has 0 aliphatic rings. The molecular weight excluding hydrogens is 340 g/mol. The lowest BCUT2D eigenvalue weighted by Gasteiger charge is -2.19. The topological polar surface area (TPSA) is 37.3 Å². The Morgan fingerprint density at radius 2 is 1.62 bits per heavy atom. The molecular formula is C23H30O2S. The second-order valence-electron chi connectivity index (χ2n) is 7.80. The zero-order valence-electron chi connectivity index (χ0n) is 16.1. The first-order valence-corrected chi connectivity index (χ1v) is 10.3. The Morgan fingerprint density at radius 1 is 0.962 bits per heavy atom. The van der Waals surface area contributed by atoms with Crippen LogP contribution in [-0.4, -0.2) is 16.3 Å². The summed E-state index contributed by atoms with van der Waals surface area (Å²) in [6.45, 7) is 6.56. The molecule has 1 unspecified atom stereocenters. The molecule has 0 radical (unpaired) electrons. The van der Waals surface area contributed by atoms with E-state index in [4.69, 9.17) is 0 Å². The molecule has 2 aromatic rings. The van der Waals surface area contributed by atoms with Gasteiger partial charge in [0, 0.05) is 4.90 Å². The van der Waals surface area contributed by atoms with E-state index in [2.05, 4.69) is 69.3 Å². The van der Waals surface area contributed by atoms with Gasteiger partial charge in [0.1, 0.15) is 5.25 Å². The molecule has 0 aliphatic heterocycles. The zero-order valence-corrected chi connectivity index (χ0v) is 16.9. The lowest BCUT2D eigenvalue weighted by atomic mass is 9.87. The molecule has 0 fully saturated rings. The Kier molecular flexibility index (Phi) is 7.77. The van der Waals surface area contributed by atoms with Gasteiger partial charge in [-0.1, -0.05) is 76.1 Å². The van der Waals surface area contributed by atoms with Gasteiger partial charge in [0.15, 0.2) is 0 Å². The third-order valence-corrected chi connectivity index (χ3v) is 5.81. The van der Waals surface area contributed by atoms with Crippen LogP contribution in [0.15, 0.2) is 59.5 Å². The smallest absolute Gasteiger partial charge is 0.316 e. The van der Waals surface area contributed by atoms with E-state index < -0.39 is 5.97 Å². The van der Waals surface area contributed by atoms with Crippen LogP contribution in [-0.2, 0) is 16.6 Å². The maximum Gasteiger partial charge on any atom is 0.316 e. The van der Waals surface area contributed by atoms with Crippen LogP contribution in [0.1, 0.15) is 57.6 Å². The fourth-order valence-electron chi connectivity index (χ4n) is 2.91. The summed E-state index contributed by atoms with van der Waals surface area (Å²) in [5, 5.41) is 9.16. The van der Waals surface area contributed by atoms with Crippen molar-refractivity contribution < 1.29 is 9.90 Å². The molecule has 0 aromatic heterocycles. The van der Waals surface area contributed by atoms with Gasteiger partial charge < -0.3 is 5.11 Å². The van der Waals surface area contributed by atoms with Gasteiger partial charge in [-0.2, -0.15) is 0 Å². The van der Waals surface area contributed by atoms with Crippen LogP contribution < -0.4 is 0 Å². The fourth-order valence-corrected chi connectivity index (χ4v) is 3.92. The summed E-state index contributed by atoms with van der Waals surface area (Å²) in [6.07, 6.45) is 4.93. The van der Waals surface area contributed by atoms with E-state index in [1.54, 1.807) is 0 Å². The molecule has 140 valence electrons. The predicted molar refractivity (Wildman–Crippen MR) is 111 cm³/mol. The first-order chi connectivity index (χ1) is 12.4. The van der Waals surface area contributed by atoms with Gasteiger partial charge in [-0.3, -0.25) is 4.79 Å². The molecule has 0 spiro atoms. The van der Waals surface area contributed by atoms with Crippen molar-refractivity contribution in [2.75, 3.05) is 0 Å². The van der Waals surface area contributed by atoms with Crippen LogP contribution in [0.3, 0.4) is 0 Å². The number of hydrogen-bond donors (Lipinski definition) is 1. The van der Waals surface area contributed by atoms with Crippen molar-refractivity contribution in [3.8, 4) is 0 Å². The summed E-state index contributed by atoms with van der Waals surface area (Å²) in [7, 11) is 0. The summed E-state index contributed by atoms with van der Waals surface area (Å²) >= 11 is 1.47. The molecule has 3 heteroatoms. The minimum atomic E-state index is -0.710. The van der Waals surface area contributed by atoms with Crippen LogP contribution in [0.25, 0.3) is 0 Å². The van der Waals surface area contributed by atoms with Crippen molar-refractivity contribution in [2.24, 2.45) is 0 Å². The average Bonchev–Trinajstić information content (AvgIpc) is 2.61. The van der Waals surface area contributed by atoms with Crippen molar-refractivity contribution >= 4 is 17.7 Å². The number of carboxylic acids is 1. The molecule has 2 nitrogen and oxygen atoms in total. The van der Waals surface area contributed by atoms with Crippen LogP contribution in [0.4, 0.5) is 0 Å². The van der Waals surface area contributed by atoms with E-state index in [9.17, 15) is 9.90 Å². The van der Waals surface area contributed by atoms with E-state index in [1.807, 2.05) is 6.07 Å². The van der Waals surface area contributed by atoms with Crippen LogP contribution in [0.5, 0.6) is 0 Å². The molecule has 0 saturated heterocycles. The number of thioether (sulfide) groups is 1. The lowest BCUT2D eigenvalue weighted by Crippen LogP contribution is -2.16. The quantitative estimate of drug-likeness (QED) is 0.414. The molecule has 0 aliphatic carbocycles. The number of carbonyl (C=O) groups is 1. The minimum absolute atomic E-state index is 0.119. The van der Waals surface area contributed by atoms with Crippen LogP contribution in [0, 0.1) is 0 Å². The summed E-state index contributed by atoms with van der Waals surface area (Å²) in [6, 6.07) is 18.8. The number of aliphatic carboxylic acids is 1. The average molecular weight is 371 g/mol. The van der Waals surface area contributed by atoms with E-state index in [0.29, 0.717) is 0 Å². The number of carboxylic acid groups (broad SMARTS) is 1. The summed E-state index contributed by atoms with van der Waals surface area (Å²) in [4.78, 5) is 12.6. The number of benzene rings is 2. The van der Waals surface area contributed by atoms with E-state index >= 15 is 0 Å². The molecule has 0 bridgehead atoms. The maximum atomic E-state index is 11.6. The van der Waals surface area contributed by atoms with Crippen molar-refractivity contribution in [3.63, 3.8) is 0 Å². The number of unbranched alkanes of at least 4 members (excludes halogenated alkanes) is 2. The second-order valence-corrected chi connectivity index (χ2v) is 9.08. The minimum Gasteiger partial charge on any atom is -0.480 e. The number of aryl methyl sites for hydroxylation is 1. The van der Waals surface area contributed by atoms with Crippen molar-refractivity contribution in [2.45, 2.75) is 68.4 Å². The Bertz CT molecular complexity index is 672. The highest BCUT2D eigenvalue weighted by Gasteiger charge is 2.19. The third-order valence-electron chi connectivity index (χ3n) is 4.55. The zero-order chi connectivity index (χ0) is 19.0. The molecule has 0 saturated carbocycles. The predicted octanol–water partition coefficient (Wildman–Crippen LogP) is 6.33. The van der Waals surface area contributed by atoms with E-state index in [0.717, 1.165) is 37.0 Å². The fraction of sp³-hybridized carbons (Fsp3) is 0.435. The molecule has 1 N–H and O–H groups in total. The largest absolute Gasteiger partial charge is 0.480 e. The van der Waals surface area contributed by atoms with Gasteiger partial charge in [0.2, 0.25) is 0 Å². The summed E-state index contributed by atoms with van der Waals surface area (Å²) in [5.41, 5.74) is 2.75. The second kappa shape index (κ2) is 9.82. The first kappa shape index (κ1) is 20.6. The van der Waals surface area contributed by atoms with Crippen molar-refractivity contribution in [1.29, 1.82) is 0 Å². The van der Waals surface area contributed by atoms with Gasteiger partial charge >= 0.3 is 5.97 Å². The standard InChI is InChI=1S/C23H30O2S/c1-23(2,3)19-14-16-20(17-15-19)26-21(22(24)25)13-9-5-8-12-18-10-6-4-7-11-18/h4,6-7,10-11,14-17,21H,5,8-9,12-13H2,1-3H3,(H,24,25). The number of hydrogen-bond acceptors (Lipinski definition) is 2. The van der Waals surface area contributed by atoms with Gasteiger partial charge in [0.05, 0.1) is 0 Å². The molecule has 2 rings (SSSR count). The van der Waals surface area contributed by atoms with E-state index in [-0.39, 0.29) is 10.7 Å². The Labute approximate surface area is 162 Å². The van der Waals surface area contributed by atoms with Crippen LogP contribution >= 0.6 is 11.8 Å². The third kappa shape index (κ3) is 6.87. The highest BCUT2D eigenvalue weighted by molar-refractivity contribution is 8.00. The summed E-state index contributed by atoms with van der Waals surface area (Å²) < 4.78 is 0. The van der Waals surface area contributed by atoms with Crippen molar-refractivity contribution in [1.82, 2.24) is 0 Å². The van der Waals surface area contributed by atoms with Crippen LogP contribution in [0.2, 0.25) is 0 Å². The molecule has 26 heavy (non-hydrogen) atoms. The molecule has 0 amide bonds. The Hall–Kier alpha value is -1.74. The van der Waals surface area contributed by atoms with Crippen molar-refractivity contribution in [3.05, 3.63) is 65.7 Å². The van der Waals surface area contributed by atoms with Gasteiger partial charge in [-0.05, 0) is 47.9 Å². The monoisotopic (exact) mass is 370 g/mol. The lowest BCUT2D eigenvalue weighted by molar-refractivity contribution is -0.136. The Morgan fingerprint density at radius 3 is 2.19 bits per heavy atom. The van der Waals surface area contributed by atoms with Gasteiger partial charge in [-0.15, -0.1) is 11.8 Å². The van der Waals surface area contributed by atoms with Gasteiger partial charge in [-0.25, -0.2) is 0 Å². The van der Waals surface area contributed by atoms with Gasteiger partial charge in [0.25, 0.3) is 0 Å². The summed E-state index contributed by atoms with van der Waals surface area (Å²) in [5.74, 6) is -0.710. The SMILES string of the molecule is CC(C)(C)c1ccc(SC(CCCCCc2ccccc2)C(=O)O)cc1. The molecule has 1 atom stereocenters. The van der Waals surface area contributed by atoms with E-state index in [1.165, 1.54) is 22.9 Å². The molecule has 2 aromatic carbocycles. The molecule has 0 heterocycles. The first-order valence-electron chi connectivity index (χ1n) is 9.40. The number of rotatable bonds is 9. The highest BCUT2D eigenvalue weighted by Crippen LogP contribution is 2.30. The Balaban J connectivity index is 1.78. The highest BCUT2D eigenvalue weighted by atomic mass is 32.2. The normalized spacial score (nSPS) is 12.7.